The van der Waals surface area contributed by atoms with Crippen LogP contribution in [-0.4, -0.2) is 42.3 Å². The number of rotatable bonds is 6. The molecule has 1 atom stereocenters. The van der Waals surface area contributed by atoms with E-state index in [0.717, 1.165) is 48.9 Å². The van der Waals surface area contributed by atoms with Gasteiger partial charge in [0.05, 0.1) is 12.5 Å². The summed E-state index contributed by atoms with van der Waals surface area (Å²) in [6.45, 7) is 0.515. The summed E-state index contributed by atoms with van der Waals surface area (Å²) in [5, 5.41) is 3.78. The number of esters is 1. The number of fused-ring (bicyclic) bond motifs is 1. The number of benzene rings is 1. The van der Waals surface area contributed by atoms with Crippen molar-refractivity contribution in [3.63, 3.8) is 0 Å². The lowest BCUT2D eigenvalue weighted by Gasteiger charge is -2.46. The molecule has 1 aromatic carbocycles. The number of hydrogen-bond donors (Lipinski definition) is 1. The zero-order valence-corrected chi connectivity index (χ0v) is 22.6. The second-order valence-electron chi connectivity index (χ2n) is 9.76. The Balaban J connectivity index is 1.35. The quantitative estimate of drug-likeness (QED) is 0.382. The van der Waals surface area contributed by atoms with Crippen LogP contribution < -0.4 is 10.2 Å². The van der Waals surface area contributed by atoms with Crippen LogP contribution in [0.1, 0.15) is 53.6 Å². The number of Topliss-reactive ketones (excluding diaryl/α,β-unsaturated/α-hetero) is 1. The minimum absolute atomic E-state index is 0.0287. The first-order valence-corrected chi connectivity index (χ1v) is 13.4. The van der Waals surface area contributed by atoms with Gasteiger partial charge < -0.3 is 15.0 Å². The molecule has 37 heavy (non-hydrogen) atoms. The summed E-state index contributed by atoms with van der Waals surface area (Å²) in [5.41, 5.74) is 3.15. The summed E-state index contributed by atoms with van der Waals surface area (Å²) >= 11 is 18.3. The number of anilines is 1. The first-order valence-electron chi connectivity index (χ1n) is 12.3. The molecule has 1 N–H and O–H groups in total. The monoisotopic (exact) mass is 561 g/mol. The molecule has 2 heterocycles. The van der Waals surface area contributed by atoms with Gasteiger partial charge in [0.2, 0.25) is 0 Å². The first-order chi connectivity index (χ1) is 17.7. The van der Waals surface area contributed by atoms with Crippen LogP contribution in [0.4, 0.5) is 5.69 Å². The van der Waals surface area contributed by atoms with E-state index in [-0.39, 0.29) is 27.0 Å². The van der Waals surface area contributed by atoms with Crippen LogP contribution in [0.2, 0.25) is 10.3 Å². The predicted molar refractivity (Wildman–Crippen MR) is 142 cm³/mol. The second kappa shape index (κ2) is 10.3. The highest BCUT2D eigenvalue weighted by Crippen LogP contribution is 2.53. The van der Waals surface area contributed by atoms with Crippen LogP contribution >= 0.6 is 34.8 Å². The van der Waals surface area contributed by atoms with Crippen molar-refractivity contribution in [1.82, 2.24) is 10.3 Å². The molecule has 0 bridgehead atoms. The van der Waals surface area contributed by atoms with E-state index in [4.69, 9.17) is 39.5 Å². The van der Waals surface area contributed by atoms with Crippen LogP contribution in [-0.2, 0) is 27.2 Å². The van der Waals surface area contributed by atoms with Crippen molar-refractivity contribution < 1.29 is 19.1 Å². The minimum Gasteiger partial charge on any atom is -0.467 e. The van der Waals surface area contributed by atoms with Gasteiger partial charge in [-0.3, -0.25) is 9.59 Å². The first kappa shape index (κ1) is 26.0. The zero-order valence-electron chi connectivity index (χ0n) is 20.3. The third-order valence-electron chi connectivity index (χ3n) is 7.58. The Hall–Kier alpha value is -2.61. The highest BCUT2D eigenvalue weighted by Gasteiger charge is 2.54. The summed E-state index contributed by atoms with van der Waals surface area (Å²) in [4.78, 5) is 44.1. The highest BCUT2D eigenvalue weighted by atomic mass is 35.5. The van der Waals surface area contributed by atoms with Crippen LogP contribution in [0.3, 0.4) is 0 Å². The van der Waals surface area contributed by atoms with Crippen molar-refractivity contribution in [3.05, 3.63) is 68.1 Å². The normalized spacial score (nSPS) is 18.9. The number of aromatic nitrogens is 1. The lowest BCUT2D eigenvalue weighted by atomic mass is 9.62. The molecule has 3 aliphatic rings. The Morgan fingerprint density at radius 2 is 1.81 bits per heavy atom. The fourth-order valence-electron chi connectivity index (χ4n) is 5.70. The average molecular weight is 563 g/mol. The third kappa shape index (κ3) is 4.73. The van der Waals surface area contributed by atoms with Gasteiger partial charge in [0.25, 0.3) is 5.91 Å². The Morgan fingerprint density at radius 3 is 2.49 bits per heavy atom. The van der Waals surface area contributed by atoms with Gasteiger partial charge in [0.15, 0.2) is 5.78 Å². The number of amides is 1. The summed E-state index contributed by atoms with van der Waals surface area (Å²) in [6, 6.07) is 8.09. The lowest BCUT2D eigenvalue weighted by Crippen LogP contribution is -2.53. The van der Waals surface area contributed by atoms with Crippen molar-refractivity contribution in [3.8, 4) is 0 Å². The number of methoxy groups -OCH3 is 1. The molecule has 5 rings (SSSR count). The van der Waals surface area contributed by atoms with Crippen molar-refractivity contribution in [2.75, 3.05) is 18.6 Å². The smallest absolute Gasteiger partial charge is 0.328 e. The Kier molecular flexibility index (Phi) is 7.22. The topological polar surface area (TPSA) is 88.6 Å². The van der Waals surface area contributed by atoms with Crippen molar-refractivity contribution >= 4 is 58.1 Å². The number of allylic oxidation sites excluding steroid dienone is 2. The molecule has 7 nitrogen and oxygen atoms in total. The Labute approximate surface area is 230 Å². The van der Waals surface area contributed by atoms with E-state index in [1.165, 1.54) is 19.2 Å². The summed E-state index contributed by atoms with van der Waals surface area (Å²) in [5.74, 6) is -0.661. The number of carbonyl (C=O) groups excluding carboxylic acids is 3. The van der Waals surface area contributed by atoms with Crippen LogP contribution in [0.25, 0.3) is 0 Å². The zero-order chi connectivity index (χ0) is 26.3. The van der Waals surface area contributed by atoms with Gasteiger partial charge in [-0.15, -0.1) is 0 Å². The Bertz CT molecular complexity index is 1300. The van der Waals surface area contributed by atoms with E-state index in [1.54, 1.807) is 4.90 Å². The average Bonchev–Trinajstić information content (AvgIpc) is 3.32. The molecule has 10 heteroatoms. The maximum absolute atomic E-state index is 13.1. The maximum atomic E-state index is 13.1. The van der Waals surface area contributed by atoms with E-state index >= 15 is 0 Å². The number of ketones is 1. The van der Waals surface area contributed by atoms with Crippen LogP contribution in [0.5, 0.6) is 0 Å². The van der Waals surface area contributed by atoms with Gasteiger partial charge in [-0.2, -0.15) is 0 Å². The van der Waals surface area contributed by atoms with Crippen molar-refractivity contribution in [1.29, 1.82) is 0 Å². The SMILES string of the molecule is COC(=O)C(Cc1ccc2c(c1)CCN2C(=O)c1cc(Cl)nc(Cl)c1)NC1=C(Cl)C(=O)C12CCCCC2. The summed E-state index contributed by atoms with van der Waals surface area (Å²) in [7, 11) is 1.35. The van der Waals surface area contributed by atoms with E-state index < -0.39 is 17.4 Å². The van der Waals surface area contributed by atoms with E-state index in [9.17, 15) is 14.4 Å². The molecule has 194 valence electrons. The predicted octanol–water partition coefficient (Wildman–Crippen LogP) is 5.25. The molecule has 1 spiro atoms. The number of carbonyl (C=O) groups is 3. The van der Waals surface area contributed by atoms with Crippen LogP contribution in [0, 0.1) is 5.41 Å². The lowest BCUT2D eigenvalue weighted by molar-refractivity contribution is -0.143. The van der Waals surface area contributed by atoms with E-state index in [1.807, 2.05) is 18.2 Å². The molecule has 1 amide bonds. The van der Waals surface area contributed by atoms with Crippen LogP contribution in [0.15, 0.2) is 41.1 Å². The fourth-order valence-corrected chi connectivity index (χ4v) is 6.58. The van der Waals surface area contributed by atoms with Gasteiger partial charge in [0.1, 0.15) is 21.4 Å². The van der Waals surface area contributed by atoms with E-state index in [2.05, 4.69) is 10.3 Å². The molecule has 1 aliphatic heterocycles. The summed E-state index contributed by atoms with van der Waals surface area (Å²) < 4.78 is 5.07. The standard InChI is InChI=1S/C27H26Cl3N3O4/c1-37-26(36)18(31-23-22(30)24(34)27(23)8-3-2-4-9-27)12-15-5-6-19-16(11-15)7-10-33(19)25(35)17-13-20(28)32-21(29)14-17/h5-6,11,13-14,18,31H,2-4,7-10,12H2,1H3. The largest absolute Gasteiger partial charge is 0.467 e. The third-order valence-corrected chi connectivity index (χ3v) is 8.33. The minimum atomic E-state index is -0.695. The number of pyridine rings is 1. The van der Waals surface area contributed by atoms with Crippen molar-refractivity contribution in [2.24, 2.45) is 5.41 Å². The molecule has 0 saturated heterocycles. The number of ether oxygens (including phenoxy) is 1. The molecule has 1 fully saturated rings. The highest BCUT2D eigenvalue weighted by molar-refractivity contribution is 6.47. The van der Waals surface area contributed by atoms with Gasteiger partial charge in [-0.25, -0.2) is 9.78 Å². The number of nitrogens with one attached hydrogen (secondary N) is 1. The molecule has 1 unspecified atom stereocenters. The maximum Gasteiger partial charge on any atom is 0.328 e. The number of hydrogen-bond acceptors (Lipinski definition) is 6. The van der Waals surface area contributed by atoms with Gasteiger partial charge in [-0.1, -0.05) is 66.2 Å². The molecule has 2 aromatic rings. The van der Waals surface area contributed by atoms with Gasteiger partial charge in [0, 0.05) is 29.9 Å². The Morgan fingerprint density at radius 1 is 1.11 bits per heavy atom. The van der Waals surface area contributed by atoms with Gasteiger partial charge in [-0.05, 0) is 48.6 Å². The molecule has 1 aromatic heterocycles. The molecule has 2 aliphatic carbocycles. The van der Waals surface area contributed by atoms with E-state index in [0.29, 0.717) is 30.6 Å². The number of nitrogens with zero attached hydrogens (tertiary/aromatic N) is 2. The fraction of sp³-hybridized carbons (Fsp3) is 0.407. The molecular weight excluding hydrogens is 537 g/mol. The van der Waals surface area contributed by atoms with Gasteiger partial charge >= 0.3 is 5.97 Å². The molecule has 0 radical (unpaired) electrons. The summed E-state index contributed by atoms with van der Waals surface area (Å²) in [6.07, 6.45) is 5.53. The number of halogens is 3. The second-order valence-corrected chi connectivity index (χ2v) is 10.9. The molecular formula is C27H26Cl3N3O4. The van der Waals surface area contributed by atoms with Crippen molar-refractivity contribution in [2.45, 2.75) is 51.0 Å². The molecule has 1 saturated carbocycles.